The number of rotatable bonds is 2. The van der Waals surface area contributed by atoms with Crippen LogP contribution < -0.4 is 0 Å². The maximum absolute atomic E-state index is 8.64. The van der Waals surface area contributed by atoms with Crippen molar-refractivity contribution < 1.29 is 4.94 Å². The predicted octanol–water partition coefficient (Wildman–Crippen LogP) is 0.366. The molecule has 5 heavy (non-hydrogen) atoms. The third-order valence-corrected chi connectivity index (χ3v) is 0.0667. The summed E-state index contributed by atoms with van der Waals surface area (Å²) in [5.41, 5.74) is 0. The maximum Gasteiger partial charge on any atom is 0.187 e. The molecular weight excluding hydrogens is 76.0 g/mol. The first kappa shape index (κ1) is 4.00. The zero-order valence-corrected chi connectivity index (χ0v) is 2.12. The van der Waals surface area contributed by atoms with Crippen LogP contribution in [-0.2, 0) is 4.94 Å². The van der Waals surface area contributed by atoms with Crippen molar-refractivity contribution >= 4 is 0 Å². The minimum atomic E-state index is 1.62. The average Bonchev–Trinajstić information content (AvgIpc) is 1.41. The molecule has 5 heteroatoms. The molecule has 0 atom stereocenters. The lowest BCUT2D eigenvalue weighted by Gasteiger charge is -1.57. The number of hydrogen-bond acceptors (Lipinski definition) is 5. The fraction of sp³-hybridized carbons (Fsp3) is 0. The molecule has 28 valence electrons. The van der Waals surface area contributed by atoms with Gasteiger partial charge in [0.15, 0.2) is 10.7 Å². The Morgan fingerprint density at radius 2 is 1.60 bits per heavy atom. The highest BCUT2D eigenvalue weighted by Crippen LogP contribution is 1.66. The van der Waals surface area contributed by atoms with Gasteiger partial charge in [-0.25, -0.2) is 0 Å². The molecule has 0 aromatic heterocycles. The molecule has 0 aromatic rings. The summed E-state index contributed by atoms with van der Waals surface area (Å²) < 4.78 is 0. The molecule has 0 aromatic carbocycles. The van der Waals surface area contributed by atoms with E-state index in [1.807, 2.05) is 0 Å². The highest BCUT2D eigenvalue weighted by Gasteiger charge is 1.61. The molecule has 0 spiro atoms. The molecule has 0 radical (unpaired) electrons. The predicted molar refractivity (Wildman–Crippen MR) is 12.7 cm³/mol. The van der Waals surface area contributed by atoms with Gasteiger partial charge < -0.3 is 0 Å². The quantitative estimate of drug-likeness (QED) is 0.352. The van der Waals surface area contributed by atoms with Crippen LogP contribution in [0, 0.1) is 9.81 Å². The minimum absolute atomic E-state index is 1.62. The molecule has 0 aliphatic carbocycles. The molecule has 0 amide bonds. The smallest absolute Gasteiger partial charge is 0.166 e. The second kappa shape index (κ2) is 3.00. The van der Waals surface area contributed by atoms with Gasteiger partial charge in [0.25, 0.3) is 0 Å². The van der Waals surface area contributed by atoms with Crippen molar-refractivity contribution in [1.82, 2.24) is 0 Å². The fourth-order valence-electron chi connectivity index (χ4n) is 0.0136. The van der Waals surface area contributed by atoms with Gasteiger partial charge in [-0.15, -0.1) is 9.81 Å². The van der Waals surface area contributed by atoms with Crippen molar-refractivity contribution in [2.75, 3.05) is 0 Å². The van der Waals surface area contributed by atoms with E-state index in [9.17, 15) is 0 Å². The van der Waals surface area contributed by atoms with Gasteiger partial charge in [0, 0.05) is 0 Å². The van der Waals surface area contributed by atoms with Crippen LogP contribution in [0.2, 0.25) is 0 Å². The van der Waals surface area contributed by atoms with Gasteiger partial charge in [-0.05, 0) is 0 Å². The molecule has 0 fully saturated rings. The molecule has 0 saturated heterocycles. The Morgan fingerprint density at radius 3 is 1.60 bits per heavy atom. The van der Waals surface area contributed by atoms with Crippen LogP contribution >= 0.6 is 0 Å². The van der Waals surface area contributed by atoms with Gasteiger partial charge >= 0.3 is 0 Å². The molecule has 0 aliphatic heterocycles. The van der Waals surface area contributed by atoms with Crippen LogP contribution in [0.4, 0.5) is 0 Å². The van der Waals surface area contributed by atoms with Gasteiger partial charge in [-0.1, -0.05) is 0 Å². The Hall–Kier alpha value is -1.00. The summed E-state index contributed by atoms with van der Waals surface area (Å²) in [5.74, 6) is 0. The van der Waals surface area contributed by atoms with Crippen molar-refractivity contribution in [3.8, 4) is 0 Å². The van der Waals surface area contributed by atoms with E-state index in [0.29, 0.717) is 0 Å². The number of nitrogens with zero attached hydrogens (tertiary/aromatic N) is 2. The summed E-state index contributed by atoms with van der Waals surface area (Å²) in [5, 5.41) is 3.25. The van der Waals surface area contributed by atoms with Gasteiger partial charge in [0.1, 0.15) is 0 Å². The van der Waals surface area contributed by atoms with E-state index in [1.165, 1.54) is 0 Å². The SMILES string of the molecule is O=NON=O. The summed E-state index contributed by atoms with van der Waals surface area (Å²) in [6, 6.07) is 0. The van der Waals surface area contributed by atoms with Gasteiger partial charge in [-0.3, -0.25) is 0 Å². The molecule has 0 saturated carbocycles. The zero-order valence-electron chi connectivity index (χ0n) is 2.12. The molecule has 0 bridgehead atoms. The van der Waals surface area contributed by atoms with E-state index in [-0.39, 0.29) is 0 Å². The third kappa shape index (κ3) is 3.00. The largest absolute Gasteiger partial charge is 0.187 e. The van der Waals surface area contributed by atoms with E-state index in [1.54, 1.807) is 10.7 Å². The lowest BCUT2D eigenvalue weighted by Crippen LogP contribution is -1.52. The van der Waals surface area contributed by atoms with Crippen LogP contribution in [0.5, 0.6) is 0 Å². The normalized spacial score (nSPS) is 5.60. The van der Waals surface area contributed by atoms with Gasteiger partial charge in [0.05, 0.1) is 0 Å². The average molecular weight is 76.0 g/mol. The summed E-state index contributed by atoms with van der Waals surface area (Å²) >= 11 is 0. The van der Waals surface area contributed by atoms with E-state index in [2.05, 4.69) is 4.94 Å². The first-order chi connectivity index (χ1) is 2.41. The molecule has 0 aliphatic rings. The topological polar surface area (TPSA) is 68.1 Å². The second-order valence-electron chi connectivity index (χ2n) is 0.231. The Bertz CT molecular complexity index is 34.2. The van der Waals surface area contributed by atoms with Crippen molar-refractivity contribution in [1.29, 1.82) is 0 Å². The standard InChI is InChI=1S/N2O3/c3-1-5-2-4. The molecule has 5 nitrogen and oxygen atoms in total. The van der Waals surface area contributed by atoms with Crippen LogP contribution in [0.15, 0.2) is 10.7 Å². The second-order valence-corrected chi connectivity index (χ2v) is 0.231. The van der Waals surface area contributed by atoms with Gasteiger partial charge in [-0.2, -0.15) is 4.94 Å². The van der Waals surface area contributed by atoms with Gasteiger partial charge in [0.2, 0.25) is 0 Å². The summed E-state index contributed by atoms with van der Waals surface area (Å²) in [7, 11) is 0. The molecule has 0 unspecified atom stereocenters. The fourth-order valence-corrected chi connectivity index (χ4v) is 0.0136. The van der Waals surface area contributed by atoms with Crippen LogP contribution in [0.25, 0.3) is 0 Å². The highest BCUT2D eigenvalue weighted by molar-refractivity contribution is 3.96. The van der Waals surface area contributed by atoms with Crippen molar-refractivity contribution in [3.63, 3.8) is 0 Å². The molecule has 0 heterocycles. The van der Waals surface area contributed by atoms with E-state index >= 15 is 0 Å². The summed E-state index contributed by atoms with van der Waals surface area (Å²) in [6.45, 7) is 0. The molecule has 0 rings (SSSR count). The lowest BCUT2D eigenvalue weighted by atomic mass is 13.1. The van der Waals surface area contributed by atoms with Crippen LogP contribution in [0.1, 0.15) is 0 Å². The summed E-state index contributed by atoms with van der Waals surface area (Å²) in [6.07, 6.45) is 0. The molecule has 0 N–H and O–H groups in total. The van der Waals surface area contributed by atoms with E-state index in [0.717, 1.165) is 0 Å². The highest BCUT2D eigenvalue weighted by atomic mass is 16.9. The first-order valence-electron chi connectivity index (χ1n) is 0.730. The third-order valence-electron chi connectivity index (χ3n) is 0.0667. The summed E-state index contributed by atoms with van der Waals surface area (Å²) in [4.78, 5) is 20.2. The zero-order chi connectivity index (χ0) is 4.12. The Balaban J connectivity index is 2.65. The van der Waals surface area contributed by atoms with Crippen LogP contribution in [0.3, 0.4) is 0 Å². The van der Waals surface area contributed by atoms with Crippen molar-refractivity contribution in [3.05, 3.63) is 9.81 Å². The Morgan fingerprint density at radius 1 is 1.20 bits per heavy atom. The van der Waals surface area contributed by atoms with E-state index in [4.69, 9.17) is 9.81 Å². The van der Waals surface area contributed by atoms with E-state index < -0.39 is 0 Å². The lowest BCUT2D eigenvalue weighted by molar-refractivity contribution is 0.146. The minimum Gasteiger partial charge on any atom is -0.166 e. The van der Waals surface area contributed by atoms with Crippen LogP contribution in [-0.4, -0.2) is 0 Å². The monoisotopic (exact) mass is 76.0 g/mol. The van der Waals surface area contributed by atoms with Crippen molar-refractivity contribution in [2.45, 2.75) is 0 Å². The maximum atomic E-state index is 8.64. The first-order valence-corrected chi connectivity index (χ1v) is 0.730. The molecular formula is N2O3. The Kier molecular flexibility index (Phi) is 2.40. The number of hydrogen-bond donors (Lipinski definition) is 0. The van der Waals surface area contributed by atoms with Crippen molar-refractivity contribution in [2.24, 2.45) is 10.7 Å². The Labute approximate surface area is 26.8 Å².